The SMILES string of the molecule is CC(C)(C)OC(=O)N1C[C@@H](O)C[C@H]1C(=O)OCC(=O)c1ccccc1. The molecule has 1 aromatic rings. The zero-order valence-electron chi connectivity index (χ0n) is 14.6. The van der Waals surface area contributed by atoms with Crippen LogP contribution in [0.25, 0.3) is 0 Å². The lowest BCUT2D eigenvalue weighted by molar-refractivity contribution is -0.147. The summed E-state index contributed by atoms with van der Waals surface area (Å²) in [6.07, 6.45) is -1.48. The molecule has 0 bridgehead atoms. The minimum atomic E-state index is -0.964. The zero-order valence-corrected chi connectivity index (χ0v) is 14.6. The first-order valence-corrected chi connectivity index (χ1v) is 8.10. The van der Waals surface area contributed by atoms with Gasteiger partial charge in [0, 0.05) is 12.0 Å². The van der Waals surface area contributed by atoms with E-state index in [0.717, 1.165) is 4.90 Å². The summed E-state index contributed by atoms with van der Waals surface area (Å²) in [6.45, 7) is 4.70. The van der Waals surface area contributed by atoms with Gasteiger partial charge in [0.1, 0.15) is 11.6 Å². The summed E-state index contributed by atoms with van der Waals surface area (Å²) in [5, 5.41) is 9.80. The van der Waals surface area contributed by atoms with Gasteiger partial charge in [-0.2, -0.15) is 0 Å². The molecular formula is C18H23NO6. The van der Waals surface area contributed by atoms with Crippen LogP contribution in [0.2, 0.25) is 0 Å². The van der Waals surface area contributed by atoms with Gasteiger partial charge in [0.2, 0.25) is 0 Å². The number of carbonyl (C=O) groups is 3. The summed E-state index contributed by atoms with van der Waals surface area (Å²) in [5.41, 5.74) is -0.284. The lowest BCUT2D eigenvalue weighted by Gasteiger charge is -2.27. The van der Waals surface area contributed by atoms with Gasteiger partial charge in [0.15, 0.2) is 12.4 Å². The number of likely N-dealkylation sites (tertiary alicyclic amines) is 1. The zero-order chi connectivity index (χ0) is 18.6. The van der Waals surface area contributed by atoms with E-state index < -0.39 is 36.4 Å². The summed E-state index contributed by atoms with van der Waals surface area (Å²) < 4.78 is 10.3. The third-order valence-electron chi connectivity index (χ3n) is 3.62. The van der Waals surface area contributed by atoms with Crippen molar-refractivity contribution >= 4 is 17.8 Å². The van der Waals surface area contributed by atoms with Gasteiger partial charge in [-0.1, -0.05) is 30.3 Å². The lowest BCUT2D eigenvalue weighted by Crippen LogP contribution is -2.44. The van der Waals surface area contributed by atoms with Crippen molar-refractivity contribution in [1.29, 1.82) is 0 Å². The molecule has 25 heavy (non-hydrogen) atoms. The molecule has 1 aliphatic rings. The summed E-state index contributed by atoms with van der Waals surface area (Å²) >= 11 is 0. The lowest BCUT2D eigenvalue weighted by atomic mass is 10.1. The van der Waals surface area contributed by atoms with E-state index in [1.165, 1.54) is 0 Å². The third-order valence-corrected chi connectivity index (χ3v) is 3.62. The maximum Gasteiger partial charge on any atom is 0.411 e. The highest BCUT2D eigenvalue weighted by atomic mass is 16.6. The van der Waals surface area contributed by atoms with Crippen LogP contribution in [0.3, 0.4) is 0 Å². The molecule has 1 heterocycles. The minimum Gasteiger partial charge on any atom is -0.456 e. The number of ether oxygens (including phenoxy) is 2. The van der Waals surface area contributed by atoms with Crippen LogP contribution in [-0.4, -0.2) is 58.8 Å². The number of rotatable bonds is 4. The summed E-state index contributed by atoms with van der Waals surface area (Å²) in [6, 6.07) is 7.50. The van der Waals surface area contributed by atoms with Crippen LogP contribution in [0.1, 0.15) is 37.6 Å². The number of ketones is 1. The first-order chi connectivity index (χ1) is 11.7. The fourth-order valence-electron chi connectivity index (χ4n) is 2.50. The molecule has 0 aliphatic carbocycles. The van der Waals surface area contributed by atoms with Gasteiger partial charge < -0.3 is 14.6 Å². The van der Waals surface area contributed by atoms with Crippen LogP contribution in [0.5, 0.6) is 0 Å². The van der Waals surface area contributed by atoms with E-state index in [1.807, 2.05) is 0 Å². The topological polar surface area (TPSA) is 93.1 Å². The first-order valence-electron chi connectivity index (χ1n) is 8.10. The maximum atomic E-state index is 12.3. The van der Waals surface area contributed by atoms with Gasteiger partial charge >= 0.3 is 12.1 Å². The monoisotopic (exact) mass is 349 g/mol. The Labute approximate surface area is 146 Å². The van der Waals surface area contributed by atoms with Gasteiger partial charge in [-0.15, -0.1) is 0 Å². The van der Waals surface area contributed by atoms with Crippen LogP contribution < -0.4 is 0 Å². The molecule has 136 valence electrons. The second-order valence-corrected chi connectivity index (χ2v) is 6.93. The summed E-state index contributed by atoms with van der Waals surface area (Å²) in [5.74, 6) is -1.07. The molecule has 7 heteroatoms. The van der Waals surface area contributed by atoms with Crippen molar-refractivity contribution in [2.45, 2.75) is 44.9 Å². The number of amides is 1. The van der Waals surface area contributed by atoms with Gasteiger partial charge in [-0.3, -0.25) is 9.69 Å². The predicted molar refractivity (Wildman–Crippen MR) is 89.1 cm³/mol. The molecule has 0 aromatic heterocycles. The number of β-amino-alcohol motifs (C(OH)–C–C–N with tert-alkyl or cyclic N) is 1. The van der Waals surface area contributed by atoms with Crippen molar-refractivity contribution < 1.29 is 29.0 Å². The third kappa shape index (κ3) is 5.29. The number of nitrogens with zero attached hydrogens (tertiary/aromatic N) is 1. The largest absolute Gasteiger partial charge is 0.456 e. The molecule has 1 aromatic carbocycles. The van der Waals surface area contributed by atoms with Gasteiger partial charge in [-0.05, 0) is 20.8 Å². The Morgan fingerprint density at radius 2 is 1.84 bits per heavy atom. The molecule has 1 saturated heterocycles. The smallest absolute Gasteiger partial charge is 0.411 e. The molecule has 2 rings (SSSR count). The van der Waals surface area contributed by atoms with Gasteiger partial charge in [0.05, 0.1) is 12.6 Å². The van der Waals surface area contributed by atoms with Crippen molar-refractivity contribution in [1.82, 2.24) is 4.90 Å². The minimum absolute atomic E-state index is 0.0126. The Bertz CT molecular complexity index is 637. The van der Waals surface area contributed by atoms with Crippen molar-refractivity contribution in [3.8, 4) is 0 Å². The Morgan fingerprint density at radius 1 is 1.20 bits per heavy atom. The van der Waals surface area contributed by atoms with E-state index in [2.05, 4.69) is 0 Å². The van der Waals surface area contributed by atoms with Crippen molar-refractivity contribution in [2.24, 2.45) is 0 Å². The Balaban J connectivity index is 1.96. The van der Waals surface area contributed by atoms with Crippen LogP contribution in [0.4, 0.5) is 4.79 Å². The van der Waals surface area contributed by atoms with Crippen molar-refractivity contribution in [3.05, 3.63) is 35.9 Å². The number of carbonyl (C=O) groups excluding carboxylic acids is 3. The van der Waals surface area contributed by atoms with Crippen LogP contribution >= 0.6 is 0 Å². The normalized spacial score (nSPS) is 20.2. The van der Waals surface area contributed by atoms with Crippen molar-refractivity contribution in [3.63, 3.8) is 0 Å². The number of esters is 1. The second kappa shape index (κ2) is 7.65. The molecule has 2 atom stereocenters. The highest BCUT2D eigenvalue weighted by Crippen LogP contribution is 2.22. The standard InChI is InChI=1S/C18H23NO6/c1-18(2,3)25-17(23)19-10-13(20)9-14(19)16(22)24-11-15(21)12-7-5-4-6-8-12/h4-8,13-14,20H,9-11H2,1-3H3/t13-,14-/m0/s1. The van der Waals surface area contributed by atoms with Crippen LogP contribution in [-0.2, 0) is 14.3 Å². The molecule has 1 fully saturated rings. The highest BCUT2D eigenvalue weighted by molar-refractivity contribution is 5.98. The summed E-state index contributed by atoms with van der Waals surface area (Å²) in [7, 11) is 0. The molecule has 7 nitrogen and oxygen atoms in total. The number of hydrogen-bond donors (Lipinski definition) is 1. The van der Waals surface area contributed by atoms with E-state index >= 15 is 0 Å². The van der Waals surface area contributed by atoms with E-state index in [9.17, 15) is 19.5 Å². The average molecular weight is 349 g/mol. The quantitative estimate of drug-likeness (QED) is 0.658. The fourth-order valence-corrected chi connectivity index (χ4v) is 2.50. The first kappa shape index (κ1) is 18.9. The number of Topliss-reactive ketones (excluding diaryl/α,β-unsaturated/α-hetero) is 1. The van der Waals surface area contributed by atoms with Crippen LogP contribution in [0, 0.1) is 0 Å². The van der Waals surface area contributed by atoms with E-state index in [1.54, 1.807) is 51.1 Å². The van der Waals surface area contributed by atoms with Crippen LogP contribution in [0.15, 0.2) is 30.3 Å². The summed E-state index contributed by atoms with van der Waals surface area (Å²) in [4.78, 5) is 37.6. The van der Waals surface area contributed by atoms with E-state index in [-0.39, 0.29) is 18.7 Å². The molecular weight excluding hydrogens is 326 g/mol. The Hall–Kier alpha value is -2.41. The van der Waals surface area contributed by atoms with Crippen molar-refractivity contribution in [2.75, 3.05) is 13.2 Å². The van der Waals surface area contributed by atoms with E-state index in [0.29, 0.717) is 5.56 Å². The average Bonchev–Trinajstić information content (AvgIpc) is 2.93. The molecule has 1 N–H and O–H groups in total. The fraction of sp³-hybridized carbons (Fsp3) is 0.500. The number of aliphatic hydroxyl groups is 1. The van der Waals surface area contributed by atoms with Gasteiger partial charge in [-0.25, -0.2) is 9.59 Å². The molecule has 0 unspecified atom stereocenters. The molecule has 0 saturated carbocycles. The predicted octanol–water partition coefficient (Wildman–Crippen LogP) is 1.78. The second-order valence-electron chi connectivity index (χ2n) is 6.93. The number of benzene rings is 1. The molecule has 1 aliphatic heterocycles. The molecule has 0 spiro atoms. The number of aliphatic hydroxyl groups excluding tert-OH is 1. The van der Waals surface area contributed by atoms with Gasteiger partial charge in [0.25, 0.3) is 0 Å². The maximum absolute atomic E-state index is 12.3. The van der Waals surface area contributed by atoms with E-state index in [4.69, 9.17) is 9.47 Å². The number of hydrogen-bond acceptors (Lipinski definition) is 6. The molecule has 1 amide bonds. The highest BCUT2D eigenvalue weighted by Gasteiger charge is 2.42. The molecule has 0 radical (unpaired) electrons. The Morgan fingerprint density at radius 3 is 2.44 bits per heavy atom. The Kier molecular flexibility index (Phi) is 5.79.